The number of rotatable bonds is 4. The minimum Gasteiger partial charge on any atom is -0.334 e. The fraction of sp³-hybridized carbons (Fsp3) is 0.167. The molecule has 1 aromatic heterocycles. The average molecular weight is 325 g/mol. The van der Waals surface area contributed by atoms with E-state index in [-0.39, 0.29) is 17.6 Å². The third-order valence-corrected chi connectivity index (χ3v) is 3.47. The molecule has 0 spiro atoms. The Labute approximate surface area is 138 Å². The highest BCUT2D eigenvalue weighted by Crippen LogP contribution is 2.28. The van der Waals surface area contributed by atoms with Gasteiger partial charge >= 0.3 is 0 Å². The molecule has 3 rings (SSSR count). The number of para-hydroxylation sites is 1. The van der Waals surface area contributed by atoms with Crippen molar-refractivity contribution in [2.75, 3.05) is 5.32 Å². The van der Waals surface area contributed by atoms with Gasteiger partial charge in [-0.05, 0) is 36.4 Å². The number of amides is 1. The first kappa shape index (κ1) is 15.9. The van der Waals surface area contributed by atoms with Crippen LogP contribution in [0, 0.1) is 5.82 Å². The topological polar surface area (TPSA) is 68.0 Å². The summed E-state index contributed by atoms with van der Waals surface area (Å²) in [6.07, 6.45) is 0. The fourth-order valence-electron chi connectivity index (χ4n) is 2.15. The molecule has 6 heteroatoms. The third-order valence-electron chi connectivity index (χ3n) is 3.47. The Morgan fingerprint density at radius 1 is 1.12 bits per heavy atom. The number of hydrogen-bond acceptors (Lipinski definition) is 4. The molecule has 1 heterocycles. The van der Waals surface area contributed by atoms with Gasteiger partial charge in [0, 0.05) is 11.5 Å². The number of benzene rings is 2. The van der Waals surface area contributed by atoms with Gasteiger partial charge in [0.15, 0.2) is 5.82 Å². The number of nitrogens with zero attached hydrogens (tertiary/aromatic N) is 2. The van der Waals surface area contributed by atoms with E-state index in [0.29, 0.717) is 28.5 Å². The summed E-state index contributed by atoms with van der Waals surface area (Å²) in [7, 11) is 0. The van der Waals surface area contributed by atoms with Crippen LogP contribution in [-0.2, 0) is 0 Å². The van der Waals surface area contributed by atoms with Gasteiger partial charge in [-0.25, -0.2) is 4.39 Å². The second-order valence-electron chi connectivity index (χ2n) is 5.62. The summed E-state index contributed by atoms with van der Waals surface area (Å²) in [6.45, 7) is 3.94. The maximum Gasteiger partial charge on any atom is 0.260 e. The van der Waals surface area contributed by atoms with Crippen LogP contribution in [0.5, 0.6) is 0 Å². The highest BCUT2D eigenvalue weighted by Gasteiger charge is 2.16. The molecule has 0 radical (unpaired) electrons. The molecule has 1 amide bonds. The number of anilines is 1. The van der Waals surface area contributed by atoms with Crippen LogP contribution in [0.15, 0.2) is 53.1 Å². The molecule has 0 saturated heterocycles. The van der Waals surface area contributed by atoms with Crippen molar-refractivity contribution in [2.24, 2.45) is 0 Å². The largest absolute Gasteiger partial charge is 0.334 e. The smallest absolute Gasteiger partial charge is 0.260 e. The van der Waals surface area contributed by atoms with E-state index in [0.717, 1.165) is 0 Å². The van der Waals surface area contributed by atoms with Crippen molar-refractivity contribution in [3.8, 4) is 11.5 Å². The maximum absolute atomic E-state index is 13.0. The van der Waals surface area contributed by atoms with Crippen molar-refractivity contribution in [1.29, 1.82) is 0 Å². The van der Waals surface area contributed by atoms with E-state index in [1.54, 1.807) is 18.2 Å². The van der Waals surface area contributed by atoms with Gasteiger partial charge in [0.1, 0.15) is 5.82 Å². The molecule has 0 saturated carbocycles. The molecule has 0 unspecified atom stereocenters. The number of halogens is 1. The predicted molar refractivity (Wildman–Crippen MR) is 88.2 cm³/mol. The Morgan fingerprint density at radius 2 is 1.83 bits per heavy atom. The molecular weight excluding hydrogens is 309 g/mol. The average Bonchev–Trinajstić information content (AvgIpc) is 3.06. The first-order chi connectivity index (χ1) is 11.5. The molecule has 122 valence electrons. The molecular formula is C18H16FN3O2. The second kappa shape index (κ2) is 6.62. The van der Waals surface area contributed by atoms with Crippen molar-refractivity contribution in [1.82, 2.24) is 10.1 Å². The number of aromatic nitrogens is 2. The lowest BCUT2D eigenvalue weighted by molar-refractivity contribution is 0.102. The van der Waals surface area contributed by atoms with E-state index < -0.39 is 0 Å². The zero-order valence-electron chi connectivity index (χ0n) is 13.3. The normalized spacial score (nSPS) is 10.8. The van der Waals surface area contributed by atoms with Crippen LogP contribution in [0.25, 0.3) is 11.5 Å². The van der Waals surface area contributed by atoms with Crippen LogP contribution in [0.2, 0.25) is 0 Å². The molecule has 0 fully saturated rings. The van der Waals surface area contributed by atoms with Crippen LogP contribution in [0.3, 0.4) is 0 Å². The molecule has 5 nitrogen and oxygen atoms in total. The number of carbonyl (C=O) groups excluding carboxylic acids is 1. The van der Waals surface area contributed by atoms with Crippen LogP contribution in [0.4, 0.5) is 10.1 Å². The summed E-state index contributed by atoms with van der Waals surface area (Å²) in [4.78, 5) is 16.7. The molecule has 0 aliphatic rings. The minimum absolute atomic E-state index is 0.142. The van der Waals surface area contributed by atoms with Crippen molar-refractivity contribution in [3.63, 3.8) is 0 Å². The third kappa shape index (κ3) is 3.32. The SMILES string of the molecule is CC(C)c1noc(-c2ccccc2NC(=O)c2ccc(F)cc2)n1. The second-order valence-corrected chi connectivity index (χ2v) is 5.62. The van der Waals surface area contributed by atoms with Gasteiger partial charge in [0.05, 0.1) is 11.3 Å². The molecule has 1 N–H and O–H groups in total. The van der Waals surface area contributed by atoms with Gasteiger partial charge in [-0.15, -0.1) is 0 Å². The number of nitrogens with one attached hydrogen (secondary N) is 1. The van der Waals surface area contributed by atoms with E-state index in [1.165, 1.54) is 24.3 Å². The van der Waals surface area contributed by atoms with Gasteiger partial charge in [0.25, 0.3) is 11.8 Å². The molecule has 24 heavy (non-hydrogen) atoms. The van der Waals surface area contributed by atoms with E-state index >= 15 is 0 Å². The minimum atomic E-state index is -0.390. The van der Waals surface area contributed by atoms with E-state index in [1.807, 2.05) is 19.9 Å². The van der Waals surface area contributed by atoms with Gasteiger partial charge in [0.2, 0.25) is 0 Å². The van der Waals surface area contributed by atoms with Crippen molar-refractivity contribution in [2.45, 2.75) is 19.8 Å². The highest BCUT2D eigenvalue weighted by atomic mass is 19.1. The molecule has 0 atom stereocenters. The standard InChI is InChI=1S/C18H16FN3O2/c1-11(2)16-21-18(24-22-16)14-5-3-4-6-15(14)20-17(23)12-7-9-13(19)10-8-12/h3-11H,1-2H3,(H,20,23). The quantitative estimate of drug-likeness (QED) is 0.778. The predicted octanol–water partition coefficient (Wildman–Crippen LogP) is 4.25. The Kier molecular flexibility index (Phi) is 4.37. The lowest BCUT2D eigenvalue weighted by Gasteiger charge is -2.08. The molecule has 0 aliphatic carbocycles. The zero-order valence-corrected chi connectivity index (χ0v) is 13.3. The summed E-state index contributed by atoms with van der Waals surface area (Å²) in [6, 6.07) is 12.5. The molecule has 2 aromatic carbocycles. The summed E-state index contributed by atoms with van der Waals surface area (Å²) < 4.78 is 18.3. The van der Waals surface area contributed by atoms with E-state index in [9.17, 15) is 9.18 Å². The summed E-state index contributed by atoms with van der Waals surface area (Å²) in [5, 5.41) is 6.73. The van der Waals surface area contributed by atoms with Gasteiger partial charge < -0.3 is 9.84 Å². The van der Waals surface area contributed by atoms with Crippen LogP contribution >= 0.6 is 0 Å². The monoisotopic (exact) mass is 325 g/mol. The van der Waals surface area contributed by atoms with Crippen LogP contribution in [0.1, 0.15) is 35.9 Å². The summed E-state index contributed by atoms with van der Waals surface area (Å²) >= 11 is 0. The fourth-order valence-corrected chi connectivity index (χ4v) is 2.15. The summed E-state index contributed by atoms with van der Waals surface area (Å²) in [5.74, 6) is 0.354. The Balaban J connectivity index is 1.88. The highest BCUT2D eigenvalue weighted by molar-refractivity contribution is 6.05. The van der Waals surface area contributed by atoms with Crippen molar-refractivity contribution < 1.29 is 13.7 Å². The lowest BCUT2D eigenvalue weighted by Crippen LogP contribution is -2.12. The molecule has 0 bridgehead atoms. The van der Waals surface area contributed by atoms with Crippen molar-refractivity contribution in [3.05, 3.63) is 65.7 Å². The van der Waals surface area contributed by atoms with Crippen LogP contribution in [-0.4, -0.2) is 16.0 Å². The maximum atomic E-state index is 13.0. The summed E-state index contributed by atoms with van der Waals surface area (Å²) in [5.41, 5.74) is 1.54. The Hall–Kier alpha value is -3.02. The van der Waals surface area contributed by atoms with Gasteiger partial charge in [-0.2, -0.15) is 4.98 Å². The first-order valence-electron chi connectivity index (χ1n) is 7.54. The lowest BCUT2D eigenvalue weighted by atomic mass is 10.1. The Bertz CT molecular complexity index is 857. The van der Waals surface area contributed by atoms with E-state index in [4.69, 9.17) is 4.52 Å². The van der Waals surface area contributed by atoms with Crippen molar-refractivity contribution >= 4 is 11.6 Å². The Morgan fingerprint density at radius 3 is 2.50 bits per heavy atom. The molecule has 3 aromatic rings. The number of carbonyl (C=O) groups is 1. The van der Waals surface area contributed by atoms with Gasteiger partial charge in [-0.3, -0.25) is 4.79 Å². The zero-order chi connectivity index (χ0) is 17.1. The van der Waals surface area contributed by atoms with Crippen LogP contribution < -0.4 is 5.32 Å². The molecule has 0 aliphatic heterocycles. The number of hydrogen-bond donors (Lipinski definition) is 1. The van der Waals surface area contributed by atoms with E-state index in [2.05, 4.69) is 15.5 Å². The first-order valence-corrected chi connectivity index (χ1v) is 7.54. The van der Waals surface area contributed by atoms with Gasteiger partial charge in [-0.1, -0.05) is 31.1 Å².